The monoisotopic (exact) mass is 397 g/mol. The summed E-state index contributed by atoms with van der Waals surface area (Å²) in [6.45, 7) is 1.80. The minimum atomic E-state index is -0.428. The Kier molecular flexibility index (Phi) is 5.35. The second kappa shape index (κ2) is 8.25. The Balaban J connectivity index is 1.72. The average Bonchev–Trinajstić information content (AvgIpc) is 2.78. The number of hydrogen-bond donors (Lipinski definition) is 2. The molecule has 0 radical (unpaired) electrons. The maximum Gasteiger partial charge on any atom is 0.320 e. The molecular formula is C25H23N3O2. The summed E-state index contributed by atoms with van der Waals surface area (Å²) in [5.41, 5.74) is 2.71. The molecule has 3 aromatic carbocycles. The summed E-state index contributed by atoms with van der Waals surface area (Å²) in [4.78, 5) is 25.4. The van der Waals surface area contributed by atoms with Crippen LogP contribution in [0.2, 0.25) is 0 Å². The topological polar surface area (TPSA) is 63.1 Å². The van der Waals surface area contributed by atoms with E-state index in [1.54, 1.807) is 26.2 Å². The highest BCUT2D eigenvalue weighted by atomic mass is 16.2. The van der Waals surface area contributed by atoms with Crippen molar-refractivity contribution < 1.29 is 4.79 Å². The van der Waals surface area contributed by atoms with Crippen LogP contribution in [-0.2, 0) is 7.05 Å². The summed E-state index contributed by atoms with van der Waals surface area (Å²) in [6, 6.07) is 25.0. The number of fused-ring (bicyclic) bond motifs is 1. The van der Waals surface area contributed by atoms with Crippen molar-refractivity contribution in [3.05, 3.63) is 112 Å². The van der Waals surface area contributed by atoms with E-state index < -0.39 is 6.03 Å². The molecule has 2 amide bonds. The SMILES string of the molecule is Cc1ccn(C)c(=O)c1NC(=O)N[C@H](c1ccccc1)c1cccc2ccccc12. The van der Waals surface area contributed by atoms with Crippen LogP contribution < -0.4 is 16.2 Å². The van der Waals surface area contributed by atoms with Gasteiger partial charge in [0.25, 0.3) is 5.56 Å². The highest BCUT2D eigenvalue weighted by Gasteiger charge is 2.20. The third-order valence-corrected chi connectivity index (χ3v) is 5.26. The minimum absolute atomic E-state index is 0.244. The Bertz CT molecular complexity index is 1260. The van der Waals surface area contributed by atoms with Crippen molar-refractivity contribution >= 4 is 22.5 Å². The predicted molar refractivity (Wildman–Crippen MR) is 121 cm³/mol. The van der Waals surface area contributed by atoms with Gasteiger partial charge in [-0.2, -0.15) is 0 Å². The Hall–Kier alpha value is -3.86. The third-order valence-electron chi connectivity index (χ3n) is 5.26. The molecule has 0 unspecified atom stereocenters. The lowest BCUT2D eigenvalue weighted by molar-refractivity contribution is 0.250. The predicted octanol–water partition coefficient (Wildman–Crippen LogP) is 4.76. The highest BCUT2D eigenvalue weighted by molar-refractivity contribution is 5.92. The molecule has 0 spiro atoms. The Morgan fingerprint density at radius 2 is 1.60 bits per heavy atom. The number of nitrogens with one attached hydrogen (secondary N) is 2. The van der Waals surface area contributed by atoms with Crippen molar-refractivity contribution in [2.75, 3.05) is 5.32 Å². The molecule has 4 rings (SSSR count). The Morgan fingerprint density at radius 1 is 0.900 bits per heavy atom. The van der Waals surface area contributed by atoms with E-state index in [2.05, 4.69) is 28.8 Å². The number of urea groups is 1. The zero-order valence-corrected chi connectivity index (χ0v) is 16.9. The summed E-state index contributed by atoms with van der Waals surface area (Å²) in [5.74, 6) is 0. The minimum Gasteiger partial charge on any atom is -0.327 e. The van der Waals surface area contributed by atoms with Gasteiger partial charge in [-0.25, -0.2) is 4.79 Å². The number of anilines is 1. The van der Waals surface area contributed by atoms with Crippen LogP contribution in [0.15, 0.2) is 89.9 Å². The highest BCUT2D eigenvalue weighted by Crippen LogP contribution is 2.29. The van der Waals surface area contributed by atoms with Crippen LogP contribution in [0.5, 0.6) is 0 Å². The number of aryl methyl sites for hydroxylation is 2. The van der Waals surface area contributed by atoms with Gasteiger partial charge in [0, 0.05) is 13.2 Å². The van der Waals surface area contributed by atoms with Gasteiger partial charge in [-0.1, -0.05) is 72.8 Å². The van der Waals surface area contributed by atoms with Crippen LogP contribution in [0.25, 0.3) is 10.8 Å². The average molecular weight is 397 g/mol. The molecule has 0 aliphatic carbocycles. The molecule has 150 valence electrons. The summed E-state index contributed by atoms with van der Waals surface area (Å²) >= 11 is 0. The zero-order chi connectivity index (χ0) is 21.1. The van der Waals surface area contributed by atoms with Crippen LogP contribution >= 0.6 is 0 Å². The summed E-state index contributed by atoms with van der Waals surface area (Å²) in [5, 5.41) is 7.99. The van der Waals surface area contributed by atoms with Crippen LogP contribution in [-0.4, -0.2) is 10.6 Å². The van der Waals surface area contributed by atoms with Gasteiger partial charge in [0.05, 0.1) is 6.04 Å². The van der Waals surface area contributed by atoms with Gasteiger partial charge < -0.3 is 15.2 Å². The molecule has 0 aliphatic rings. The van der Waals surface area contributed by atoms with Gasteiger partial charge in [0.15, 0.2) is 0 Å². The van der Waals surface area contributed by atoms with E-state index in [4.69, 9.17) is 0 Å². The summed E-state index contributed by atoms with van der Waals surface area (Å²) < 4.78 is 1.45. The second-order valence-electron chi connectivity index (χ2n) is 7.30. The molecule has 1 aromatic heterocycles. The van der Waals surface area contributed by atoms with E-state index in [0.29, 0.717) is 0 Å². The molecule has 0 aliphatic heterocycles. The number of carbonyl (C=O) groups excluding carboxylic acids is 1. The molecule has 30 heavy (non-hydrogen) atoms. The quantitative estimate of drug-likeness (QED) is 0.522. The largest absolute Gasteiger partial charge is 0.327 e. The van der Waals surface area contributed by atoms with Gasteiger partial charge in [-0.3, -0.25) is 4.79 Å². The molecule has 0 saturated carbocycles. The third kappa shape index (κ3) is 3.82. The van der Waals surface area contributed by atoms with Gasteiger partial charge in [0.2, 0.25) is 0 Å². The molecule has 0 bridgehead atoms. The number of benzene rings is 3. The standard InChI is InChI=1S/C25H23N3O2/c1-17-15-16-28(2)24(29)22(17)26-25(30)27-23(19-10-4-3-5-11-19)21-14-8-12-18-9-6-7-13-20(18)21/h3-16,23H,1-2H3,(H2,26,27,30)/t23-/m1/s1. The van der Waals surface area contributed by atoms with E-state index in [-0.39, 0.29) is 17.3 Å². The van der Waals surface area contributed by atoms with Crippen molar-refractivity contribution in [2.45, 2.75) is 13.0 Å². The number of pyridine rings is 1. The molecule has 0 fully saturated rings. The van der Waals surface area contributed by atoms with E-state index in [1.165, 1.54) is 4.57 Å². The number of amides is 2. The van der Waals surface area contributed by atoms with Crippen LogP contribution in [0, 0.1) is 6.92 Å². The van der Waals surface area contributed by atoms with Crippen molar-refractivity contribution in [1.29, 1.82) is 0 Å². The maximum absolute atomic E-state index is 13.0. The van der Waals surface area contributed by atoms with Crippen molar-refractivity contribution in [2.24, 2.45) is 7.05 Å². The lowest BCUT2D eigenvalue weighted by Crippen LogP contribution is -2.36. The van der Waals surface area contributed by atoms with Crippen molar-refractivity contribution in [1.82, 2.24) is 9.88 Å². The Morgan fingerprint density at radius 3 is 2.40 bits per heavy atom. The maximum atomic E-state index is 13.0. The van der Waals surface area contributed by atoms with Crippen molar-refractivity contribution in [3.8, 4) is 0 Å². The molecule has 0 saturated heterocycles. The van der Waals surface area contributed by atoms with Gasteiger partial charge in [-0.05, 0) is 40.5 Å². The number of carbonyl (C=O) groups is 1. The first-order chi connectivity index (χ1) is 14.5. The molecule has 1 atom stereocenters. The molecule has 5 heteroatoms. The van der Waals surface area contributed by atoms with E-state index >= 15 is 0 Å². The van der Waals surface area contributed by atoms with Crippen LogP contribution in [0.3, 0.4) is 0 Å². The molecule has 4 aromatic rings. The number of rotatable bonds is 4. The van der Waals surface area contributed by atoms with Gasteiger partial charge >= 0.3 is 6.03 Å². The number of hydrogen-bond acceptors (Lipinski definition) is 2. The summed E-state index contributed by atoms with van der Waals surface area (Å²) in [6.07, 6.45) is 1.68. The second-order valence-corrected chi connectivity index (χ2v) is 7.30. The van der Waals surface area contributed by atoms with Gasteiger partial charge in [-0.15, -0.1) is 0 Å². The normalized spacial score (nSPS) is 11.8. The van der Waals surface area contributed by atoms with Gasteiger partial charge in [0.1, 0.15) is 5.69 Å². The van der Waals surface area contributed by atoms with E-state index in [0.717, 1.165) is 27.5 Å². The molecule has 1 heterocycles. The molecular weight excluding hydrogens is 374 g/mol. The number of aromatic nitrogens is 1. The fourth-order valence-corrected chi connectivity index (χ4v) is 3.64. The smallest absolute Gasteiger partial charge is 0.320 e. The first kappa shape index (κ1) is 19.5. The Labute approximate surface area is 175 Å². The fraction of sp³-hybridized carbons (Fsp3) is 0.120. The van der Waals surface area contributed by atoms with Crippen molar-refractivity contribution in [3.63, 3.8) is 0 Å². The summed E-state index contributed by atoms with van der Waals surface area (Å²) in [7, 11) is 1.66. The molecule has 5 nitrogen and oxygen atoms in total. The van der Waals surface area contributed by atoms with Crippen LogP contribution in [0.4, 0.5) is 10.5 Å². The van der Waals surface area contributed by atoms with E-state index in [9.17, 15) is 9.59 Å². The van der Waals surface area contributed by atoms with Crippen LogP contribution in [0.1, 0.15) is 22.7 Å². The first-order valence-electron chi connectivity index (χ1n) is 9.81. The lowest BCUT2D eigenvalue weighted by Gasteiger charge is -2.22. The zero-order valence-electron chi connectivity index (χ0n) is 16.9. The fourth-order valence-electron chi connectivity index (χ4n) is 3.64. The lowest BCUT2D eigenvalue weighted by atomic mass is 9.94. The number of nitrogens with zero attached hydrogens (tertiary/aromatic N) is 1. The van der Waals surface area contributed by atoms with E-state index in [1.807, 2.05) is 54.6 Å². The first-order valence-corrected chi connectivity index (χ1v) is 9.81. The molecule has 2 N–H and O–H groups in total.